The molecule has 1 aliphatic carbocycles. The zero-order chi connectivity index (χ0) is 16.4. The smallest absolute Gasteiger partial charge is 0.233 e. The molecule has 1 aromatic heterocycles. The molecule has 6 nitrogen and oxygen atoms in total. The average Bonchev–Trinajstić information content (AvgIpc) is 3.15. The van der Waals surface area contributed by atoms with Gasteiger partial charge >= 0.3 is 0 Å². The third kappa shape index (κ3) is 3.16. The first kappa shape index (κ1) is 15.8. The fraction of sp³-hybridized carbons (Fsp3) is 0.588. The lowest BCUT2D eigenvalue weighted by atomic mass is 9.81. The van der Waals surface area contributed by atoms with E-state index in [-0.39, 0.29) is 48.6 Å². The summed E-state index contributed by atoms with van der Waals surface area (Å²) in [4.78, 5) is 38.0. The molecule has 0 aromatic carbocycles. The van der Waals surface area contributed by atoms with E-state index in [9.17, 15) is 14.4 Å². The van der Waals surface area contributed by atoms with Gasteiger partial charge < -0.3 is 9.73 Å². The molecule has 0 unspecified atom stereocenters. The number of amides is 3. The maximum Gasteiger partial charge on any atom is 0.233 e. The summed E-state index contributed by atoms with van der Waals surface area (Å²) < 4.78 is 5.24. The summed E-state index contributed by atoms with van der Waals surface area (Å²) in [5.41, 5.74) is 0. The van der Waals surface area contributed by atoms with Gasteiger partial charge in [-0.1, -0.05) is 12.8 Å². The van der Waals surface area contributed by atoms with Crippen molar-refractivity contribution in [2.24, 2.45) is 11.8 Å². The van der Waals surface area contributed by atoms with E-state index in [1.54, 1.807) is 18.4 Å². The summed E-state index contributed by atoms with van der Waals surface area (Å²) in [7, 11) is 0. The Morgan fingerprint density at radius 2 is 1.96 bits per heavy atom. The lowest BCUT2D eigenvalue weighted by molar-refractivity contribution is -0.140. The summed E-state index contributed by atoms with van der Waals surface area (Å²) >= 11 is 0. The van der Waals surface area contributed by atoms with Crippen LogP contribution in [0, 0.1) is 11.8 Å². The second-order valence-corrected chi connectivity index (χ2v) is 6.38. The van der Waals surface area contributed by atoms with Crippen LogP contribution in [0.5, 0.6) is 0 Å². The lowest BCUT2D eigenvalue weighted by Gasteiger charge is -2.19. The number of likely N-dealkylation sites (tertiary alicyclic amines) is 1. The minimum absolute atomic E-state index is 0.0911. The van der Waals surface area contributed by atoms with Gasteiger partial charge in [-0.05, 0) is 31.9 Å². The van der Waals surface area contributed by atoms with Crippen molar-refractivity contribution in [3.63, 3.8) is 0 Å². The van der Waals surface area contributed by atoms with Gasteiger partial charge in [0.25, 0.3) is 0 Å². The van der Waals surface area contributed by atoms with Crippen LogP contribution < -0.4 is 5.32 Å². The van der Waals surface area contributed by atoms with Crippen LogP contribution in [0.4, 0.5) is 0 Å². The van der Waals surface area contributed by atoms with Crippen LogP contribution in [0.3, 0.4) is 0 Å². The first-order chi connectivity index (χ1) is 11.1. The van der Waals surface area contributed by atoms with Gasteiger partial charge in [-0.3, -0.25) is 19.3 Å². The summed E-state index contributed by atoms with van der Waals surface area (Å²) in [6.45, 7) is 2.00. The van der Waals surface area contributed by atoms with Gasteiger partial charge in [0.1, 0.15) is 5.76 Å². The Bertz CT molecular complexity index is 572. The fourth-order valence-corrected chi connectivity index (χ4v) is 3.59. The maximum absolute atomic E-state index is 12.3. The molecule has 2 heterocycles. The largest absolute Gasteiger partial charge is 0.467 e. The highest BCUT2D eigenvalue weighted by Crippen LogP contribution is 2.37. The quantitative estimate of drug-likeness (QED) is 0.842. The number of rotatable bonds is 5. The van der Waals surface area contributed by atoms with Crippen molar-refractivity contribution in [3.05, 3.63) is 24.2 Å². The Morgan fingerprint density at radius 1 is 1.30 bits per heavy atom. The maximum atomic E-state index is 12.3. The van der Waals surface area contributed by atoms with Crippen LogP contribution in [-0.4, -0.2) is 29.2 Å². The van der Waals surface area contributed by atoms with Gasteiger partial charge in [0.05, 0.1) is 24.1 Å². The molecule has 124 valence electrons. The van der Waals surface area contributed by atoms with E-state index < -0.39 is 0 Å². The van der Waals surface area contributed by atoms with Crippen LogP contribution in [0.25, 0.3) is 0 Å². The Morgan fingerprint density at radius 3 is 2.52 bits per heavy atom. The molecule has 3 atom stereocenters. The van der Waals surface area contributed by atoms with Crippen molar-refractivity contribution < 1.29 is 18.8 Å². The normalized spacial score (nSPS) is 25.3. The Labute approximate surface area is 135 Å². The van der Waals surface area contributed by atoms with Gasteiger partial charge in [0, 0.05) is 13.0 Å². The van der Waals surface area contributed by atoms with E-state index in [2.05, 4.69) is 5.32 Å². The molecule has 1 aliphatic heterocycles. The van der Waals surface area contributed by atoms with Crippen molar-refractivity contribution in [2.45, 2.75) is 45.1 Å². The Hall–Kier alpha value is -2.11. The van der Waals surface area contributed by atoms with E-state index in [0.29, 0.717) is 5.76 Å². The highest BCUT2D eigenvalue weighted by atomic mass is 16.3. The van der Waals surface area contributed by atoms with Gasteiger partial charge in [0.2, 0.25) is 17.7 Å². The van der Waals surface area contributed by atoms with Crippen LogP contribution in [-0.2, 0) is 14.4 Å². The molecule has 0 radical (unpaired) electrons. The molecule has 1 N–H and O–H groups in total. The van der Waals surface area contributed by atoms with E-state index in [4.69, 9.17) is 4.42 Å². The van der Waals surface area contributed by atoms with Crippen molar-refractivity contribution in [1.82, 2.24) is 10.2 Å². The molecule has 2 aliphatic rings. The van der Waals surface area contributed by atoms with E-state index >= 15 is 0 Å². The second-order valence-electron chi connectivity index (χ2n) is 6.38. The number of nitrogens with one attached hydrogen (secondary N) is 1. The SMILES string of the molecule is C[C@@H](NC(=O)CCN1C(=O)[C@H]2CCCC[C@H]2C1=O)c1ccco1. The molecule has 1 saturated carbocycles. The predicted molar refractivity (Wildman–Crippen MR) is 82.1 cm³/mol. The monoisotopic (exact) mass is 318 g/mol. The number of fused-ring (bicyclic) bond motifs is 1. The lowest BCUT2D eigenvalue weighted by Crippen LogP contribution is -2.36. The predicted octanol–water partition coefficient (Wildman–Crippen LogP) is 2.02. The summed E-state index contributed by atoms with van der Waals surface area (Å²) in [5, 5.41) is 2.82. The van der Waals surface area contributed by atoms with Crippen molar-refractivity contribution in [2.75, 3.05) is 6.54 Å². The van der Waals surface area contributed by atoms with E-state index in [0.717, 1.165) is 25.7 Å². The summed E-state index contributed by atoms with van der Waals surface area (Å²) in [6, 6.07) is 3.33. The Balaban J connectivity index is 1.52. The first-order valence-corrected chi connectivity index (χ1v) is 8.26. The summed E-state index contributed by atoms with van der Waals surface area (Å²) in [6.07, 6.45) is 5.30. The van der Waals surface area contributed by atoms with Crippen LogP contribution in [0.1, 0.15) is 50.8 Å². The molecule has 2 fully saturated rings. The van der Waals surface area contributed by atoms with Crippen LogP contribution in [0.15, 0.2) is 22.8 Å². The average molecular weight is 318 g/mol. The zero-order valence-electron chi connectivity index (χ0n) is 13.3. The molecular formula is C17H22N2O4. The zero-order valence-corrected chi connectivity index (χ0v) is 13.3. The molecule has 1 saturated heterocycles. The Kier molecular flexibility index (Phi) is 4.50. The number of carbonyl (C=O) groups excluding carboxylic acids is 3. The topological polar surface area (TPSA) is 79.6 Å². The molecule has 3 amide bonds. The molecule has 0 spiro atoms. The third-order valence-electron chi connectivity index (χ3n) is 4.84. The third-order valence-corrected chi connectivity index (χ3v) is 4.84. The van der Waals surface area contributed by atoms with Gasteiger partial charge in [-0.15, -0.1) is 0 Å². The van der Waals surface area contributed by atoms with E-state index in [1.807, 2.05) is 6.92 Å². The van der Waals surface area contributed by atoms with Crippen molar-refractivity contribution >= 4 is 17.7 Å². The van der Waals surface area contributed by atoms with Crippen molar-refractivity contribution in [1.29, 1.82) is 0 Å². The first-order valence-electron chi connectivity index (χ1n) is 8.26. The van der Waals surface area contributed by atoms with Gasteiger partial charge in [0.15, 0.2) is 0 Å². The number of nitrogens with zero attached hydrogens (tertiary/aromatic N) is 1. The van der Waals surface area contributed by atoms with Crippen LogP contribution >= 0.6 is 0 Å². The highest BCUT2D eigenvalue weighted by molar-refractivity contribution is 6.05. The van der Waals surface area contributed by atoms with Gasteiger partial charge in [-0.25, -0.2) is 0 Å². The van der Waals surface area contributed by atoms with Crippen molar-refractivity contribution in [3.8, 4) is 0 Å². The van der Waals surface area contributed by atoms with Gasteiger partial charge in [-0.2, -0.15) is 0 Å². The minimum atomic E-state index is -0.231. The summed E-state index contributed by atoms with van der Waals surface area (Å²) in [5.74, 6) is 0.00272. The molecular weight excluding hydrogens is 296 g/mol. The fourth-order valence-electron chi connectivity index (χ4n) is 3.59. The standard InChI is InChI=1S/C17H22N2O4/c1-11(14-7-4-10-23-14)18-15(20)8-9-19-16(21)12-5-2-3-6-13(12)17(19)22/h4,7,10-13H,2-3,5-6,8-9H2,1H3,(H,18,20)/t11-,12-,13+/m1/s1. The van der Waals surface area contributed by atoms with E-state index in [1.165, 1.54) is 4.90 Å². The number of hydrogen-bond donors (Lipinski definition) is 1. The number of furan rings is 1. The molecule has 3 rings (SSSR count). The highest BCUT2D eigenvalue weighted by Gasteiger charge is 2.47. The minimum Gasteiger partial charge on any atom is -0.467 e. The molecule has 6 heteroatoms. The second kappa shape index (κ2) is 6.56. The molecule has 1 aromatic rings. The molecule has 0 bridgehead atoms. The number of hydrogen-bond acceptors (Lipinski definition) is 4. The number of imide groups is 1. The number of carbonyl (C=O) groups is 3. The van der Waals surface area contributed by atoms with Crippen LogP contribution in [0.2, 0.25) is 0 Å². The molecule has 23 heavy (non-hydrogen) atoms.